The number of nitrogens with zero attached hydrogens (tertiary/aromatic N) is 3. The fourth-order valence-corrected chi connectivity index (χ4v) is 3.04. The molecule has 1 fully saturated rings. The van der Waals surface area contributed by atoms with Gasteiger partial charge >= 0.3 is 5.97 Å². The Morgan fingerprint density at radius 1 is 1.21 bits per heavy atom. The van der Waals surface area contributed by atoms with Crippen LogP contribution < -0.4 is 15.9 Å². The molecule has 1 aromatic carbocycles. The Balaban J connectivity index is 2.18. The molecule has 1 aliphatic rings. The number of carbonyl (C=O) groups is 1. The Hall–Kier alpha value is -2.74. The number of carboxylic acid groups (broad SMARTS) is 1. The highest BCUT2D eigenvalue weighted by molar-refractivity contribution is 5.99. The Morgan fingerprint density at radius 3 is 2.46 bits per heavy atom. The molecule has 0 amide bonds. The second kappa shape index (κ2) is 6.04. The Labute approximate surface area is 138 Å². The van der Waals surface area contributed by atoms with E-state index in [0.717, 1.165) is 36.5 Å². The average Bonchev–Trinajstić information content (AvgIpc) is 2.55. The normalized spacial score (nSPS) is 15.7. The quantitative estimate of drug-likeness (QED) is 0.745. The monoisotopic (exact) mass is 332 g/mol. The highest BCUT2D eigenvalue weighted by Gasteiger charge is 2.22. The van der Waals surface area contributed by atoms with Crippen molar-refractivity contribution in [2.24, 2.45) is 0 Å². The molecule has 0 radical (unpaired) electrons. The molecule has 3 rings (SSSR count). The molecule has 2 heterocycles. The van der Waals surface area contributed by atoms with Gasteiger partial charge in [0.15, 0.2) is 5.56 Å². The van der Waals surface area contributed by atoms with Crippen molar-refractivity contribution in [1.29, 1.82) is 0 Å². The number of nitrogens with one attached hydrogen (secondary N) is 1. The van der Waals surface area contributed by atoms with Crippen molar-refractivity contribution < 1.29 is 15.0 Å². The number of hydrogen-bond donors (Lipinski definition) is 3. The first-order valence-corrected chi connectivity index (χ1v) is 7.70. The van der Waals surface area contributed by atoms with Gasteiger partial charge in [-0.2, -0.15) is 0 Å². The van der Waals surface area contributed by atoms with E-state index < -0.39 is 22.8 Å². The molecule has 0 atom stereocenters. The van der Waals surface area contributed by atoms with Gasteiger partial charge in [-0.1, -0.05) is 0 Å². The highest BCUT2D eigenvalue weighted by Crippen LogP contribution is 2.29. The minimum absolute atomic E-state index is 0.319. The van der Waals surface area contributed by atoms with E-state index in [1.807, 2.05) is 6.07 Å². The predicted molar refractivity (Wildman–Crippen MR) is 91.8 cm³/mol. The predicted octanol–water partition coefficient (Wildman–Crippen LogP) is 0.330. The van der Waals surface area contributed by atoms with Crippen LogP contribution in [-0.2, 0) is 0 Å². The van der Waals surface area contributed by atoms with Gasteiger partial charge in [-0.3, -0.25) is 4.79 Å². The number of piperazine rings is 1. The number of likely N-dealkylation sites (N-methyl/N-ethyl adjacent to an activating group) is 1. The van der Waals surface area contributed by atoms with Gasteiger partial charge in [0.25, 0.3) is 5.56 Å². The van der Waals surface area contributed by atoms with Crippen LogP contribution in [0.5, 0.6) is 5.75 Å². The molecule has 1 aromatic heterocycles. The zero-order valence-electron chi connectivity index (χ0n) is 13.6. The zero-order chi connectivity index (χ0) is 17.4. The third-order valence-electron chi connectivity index (χ3n) is 4.44. The van der Waals surface area contributed by atoms with Crippen LogP contribution in [0.1, 0.15) is 10.4 Å². The molecule has 24 heavy (non-hydrogen) atoms. The number of carboxylic acids is 1. The number of aromatic nitrogens is 1. The van der Waals surface area contributed by atoms with Crippen molar-refractivity contribution in [3.8, 4) is 5.75 Å². The first-order valence-electron chi connectivity index (χ1n) is 7.70. The maximum atomic E-state index is 12.3. The van der Waals surface area contributed by atoms with E-state index >= 15 is 0 Å². The van der Waals surface area contributed by atoms with Crippen molar-refractivity contribution >= 4 is 22.6 Å². The van der Waals surface area contributed by atoms with Crippen LogP contribution in [0.2, 0.25) is 0 Å². The zero-order valence-corrected chi connectivity index (χ0v) is 13.6. The van der Waals surface area contributed by atoms with Crippen LogP contribution in [-0.4, -0.2) is 66.0 Å². The molecular weight excluding hydrogens is 312 g/mol. The molecule has 128 valence electrons. The summed E-state index contributed by atoms with van der Waals surface area (Å²) in [5.74, 6) is -1.95. The topological polar surface area (TPSA) is 98.0 Å². The number of aromatic carboxylic acids is 1. The van der Waals surface area contributed by atoms with Crippen LogP contribution in [0.25, 0.3) is 10.9 Å². The Kier molecular flexibility index (Phi) is 4.06. The van der Waals surface area contributed by atoms with Crippen LogP contribution in [0, 0.1) is 0 Å². The first-order chi connectivity index (χ1) is 11.4. The lowest BCUT2D eigenvalue weighted by molar-refractivity contribution is 0.0691. The van der Waals surface area contributed by atoms with Gasteiger partial charge in [0.05, 0.1) is 5.52 Å². The summed E-state index contributed by atoms with van der Waals surface area (Å²) in [5.41, 5.74) is 2.66. The second-order valence-corrected chi connectivity index (χ2v) is 5.88. The summed E-state index contributed by atoms with van der Waals surface area (Å²) in [6, 6.07) is 5.28. The van der Waals surface area contributed by atoms with Gasteiger partial charge < -0.3 is 25.4 Å². The molecule has 0 saturated carbocycles. The lowest BCUT2D eigenvalue weighted by Crippen LogP contribution is -2.44. The van der Waals surface area contributed by atoms with Crippen molar-refractivity contribution in [3.63, 3.8) is 0 Å². The standard InChI is InChI=1S/C16H20N4O4/c1-17-20-12-9-10(19-7-5-18(2)6-8-19)3-4-11(12)14(21)13(15(20)22)16(23)24/h3-4,9,17,21H,5-8H2,1-2H3,(H,23,24). The third-order valence-corrected chi connectivity index (χ3v) is 4.44. The summed E-state index contributed by atoms with van der Waals surface area (Å²) in [6.07, 6.45) is 0. The summed E-state index contributed by atoms with van der Waals surface area (Å²) >= 11 is 0. The number of anilines is 1. The first kappa shape index (κ1) is 16.1. The largest absolute Gasteiger partial charge is 0.506 e. The van der Waals surface area contributed by atoms with Crippen molar-refractivity contribution in [1.82, 2.24) is 9.58 Å². The number of rotatable bonds is 3. The molecule has 1 saturated heterocycles. The van der Waals surface area contributed by atoms with E-state index in [4.69, 9.17) is 0 Å². The van der Waals surface area contributed by atoms with Crippen LogP contribution in [0.4, 0.5) is 5.69 Å². The van der Waals surface area contributed by atoms with Gasteiger partial charge in [-0.05, 0) is 25.2 Å². The molecule has 0 spiro atoms. The van der Waals surface area contributed by atoms with Gasteiger partial charge in [0, 0.05) is 44.3 Å². The molecule has 0 aliphatic carbocycles. The summed E-state index contributed by atoms with van der Waals surface area (Å²) in [4.78, 5) is 28.1. The minimum atomic E-state index is -1.45. The minimum Gasteiger partial charge on any atom is -0.506 e. The molecule has 0 unspecified atom stereocenters. The van der Waals surface area contributed by atoms with E-state index in [9.17, 15) is 19.8 Å². The SMILES string of the molecule is CNn1c(=O)c(C(=O)O)c(O)c2ccc(N3CCN(C)CC3)cc21. The number of aromatic hydroxyl groups is 1. The van der Waals surface area contributed by atoms with Crippen molar-refractivity contribution in [2.75, 3.05) is 50.6 Å². The lowest BCUT2D eigenvalue weighted by atomic mass is 10.1. The van der Waals surface area contributed by atoms with Gasteiger partial charge in [-0.25, -0.2) is 9.47 Å². The summed E-state index contributed by atoms with van der Waals surface area (Å²) in [7, 11) is 3.61. The molecule has 0 bridgehead atoms. The van der Waals surface area contributed by atoms with Crippen LogP contribution >= 0.6 is 0 Å². The Bertz CT molecular complexity index is 853. The van der Waals surface area contributed by atoms with E-state index in [2.05, 4.69) is 22.3 Å². The van der Waals surface area contributed by atoms with E-state index in [0.29, 0.717) is 10.9 Å². The fraction of sp³-hybridized carbons (Fsp3) is 0.375. The van der Waals surface area contributed by atoms with Crippen LogP contribution in [0.3, 0.4) is 0 Å². The van der Waals surface area contributed by atoms with E-state index in [-0.39, 0.29) is 0 Å². The molecule has 3 N–H and O–H groups in total. The molecule has 2 aromatic rings. The van der Waals surface area contributed by atoms with Gasteiger partial charge in [0.2, 0.25) is 0 Å². The average molecular weight is 332 g/mol. The number of pyridine rings is 1. The number of fused-ring (bicyclic) bond motifs is 1. The van der Waals surface area contributed by atoms with Crippen LogP contribution in [0.15, 0.2) is 23.0 Å². The Morgan fingerprint density at radius 2 is 1.88 bits per heavy atom. The van der Waals surface area contributed by atoms with Crippen molar-refractivity contribution in [3.05, 3.63) is 34.1 Å². The van der Waals surface area contributed by atoms with Crippen molar-refractivity contribution in [2.45, 2.75) is 0 Å². The summed E-state index contributed by atoms with van der Waals surface area (Å²) in [5, 5.41) is 19.7. The lowest BCUT2D eigenvalue weighted by Gasteiger charge is -2.34. The van der Waals surface area contributed by atoms with Gasteiger partial charge in [-0.15, -0.1) is 0 Å². The summed E-state index contributed by atoms with van der Waals surface area (Å²) < 4.78 is 1.15. The molecular formula is C16H20N4O4. The second-order valence-electron chi connectivity index (χ2n) is 5.88. The maximum Gasteiger partial charge on any atom is 0.345 e. The maximum absolute atomic E-state index is 12.3. The third kappa shape index (κ3) is 2.54. The smallest absolute Gasteiger partial charge is 0.345 e. The highest BCUT2D eigenvalue weighted by atomic mass is 16.4. The molecule has 1 aliphatic heterocycles. The fourth-order valence-electron chi connectivity index (χ4n) is 3.04. The molecule has 8 heteroatoms. The summed E-state index contributed by atoms with van der Waals surface area (Å²) in [6.45, 7) is 3.62. The molecule has 8 nitrogen and oxygen atoms in total. The number of hydrogen-bond acceptors (Lipinski definition) is 6. The van der Waals surface area contributed by atoms with Gasteiger partial charge in [0.1, 0.15) is 5.75 Å². The van der Waals surface area contributed by atoms with E-state index in [1.54, 1.807) is 12.1 Å². The van der Waals surface area contributed by atoms with E-state index in [1.165, 1.54) is 7.05 Å². The number of benzene rings is 1.